The van der Waals surface area contributed by atoms with Crippen LogP contribution < -0.4 is 10.6 Å². The molecule has 0 aliphatic carbocycles. The number of amides is 2. The number of aliphatic hydroxyl groups is 1. The van der Waals surface area contributed by atoms with Crippen molar-refractivity contribution in [3.05, 3.63) is 28.5 Å². The second-order valence-electron chi connectivity index (χ2n) is 9.87. The SMILES string of the molecule is CC[C@@H](C)Nc1cc(C)c(-c2sc(C(=O)NCC(C)(C)O)nc2C(=O)N2CCCC[C@@H]2C)cn1. The van der Waals surface area contributed by atoms with Gasteiger partial charge in [-0.1, -0.05) is 6.92 Å². The van der Waals surface area contributed by atoms with Crippen molar-refractivity contribution in [1.29, 1.82) is 0 Å². The molecule has 1 saturated heterocycles. The highest BCUT2D eigenvalue weighted by atomic mass is 32.1. The lowest BCUT2D eigenvalue weighted by Crippen LogP contribution is -2.42. The van der Waals surface area contributed by atoms with Crippen LogP contribution in [0.5, 0.6) is 0 Å². The highest BCUT2D eigenvalue weighted by Gasteiger charge is 2.31. The molecule has 0 saturated carbocycles. The lowest BCUT2D eigenvalue weighted by molar-refractivity contribution is 0.0630. The number of hydrogen-bond acceptors (Lipinski definition) is 7. The molecule has 1 aliphatic heterocycles. The summed E-state index contributed by atoms with van der Waals surface area (Å²) in [5.41, 5.74) is 0.992. The number of aromatic nitrogens is 2. The van der Waals surface area contributed by atoms with Crippen LogP contribution in [0, 0.1) is 6.92 Å². The van der Waals surface area contributed by atoms with Crippen LogP contribution in [0.1, 0.15) is 86.2 Å². The molecule has 0 unspecified atom stereocenters. The topological polar surface area (TPSA) is 107 Å². The molecule has 186 valence electrons. The number of nitrogens with zero attached hydrogens (tertiary/aromatic N) is 3. The number of hydrogen-bond donors (Lipinski definition) is 3. The summed E-state index contributed by atoms with van der Waals surface area (Å²) in [7, 11) is 0. The van der Waals surface area contributed by atoms with Gasteiger partial charge in [-0.25, -0.2) is 9.97 Å². The third-order valence-electron chi connectivity index (χ3n) is 6.13. The third kappa shape index (κ3) is 6.33. The predicted molar refractivity (Wildman–Crippen MR) is 136 cm³/mol. The van der Waals surface area contributed by atoms with Crippen molar-refractivity contribution in [3.8, 4) is 10.4 Å². The Morgan fingerprint density at radius 1 is 1.35 bits per heavy atom. The average molecular weight is 488 g/mol. The minimum atomic E-state index is -1.05. The summed E-state index contributed by atoms with van der Waals surface area (Å²) < 4.78 is 0. The van der Waals surface area contributed by atoms with Gasteiger partial charge in [0.05, 0.1) is 10.5 Å². The van der Waals surface area contributed by atoms with Gasteiger partial charge in [-0.15, -0.1) is 11.3 Å². The average Bonchev–Trinajstić information content (AvgIpc) is 3.22. The van der Waals surface area contributed by atoms with Gasteiger partial charge < -0.3 is 20.6 Å². The highest BCUT2D eigenvalue weighted by molar-refractivity contribution is 7.17. The molecule has 8 nitrogen and oxygen atoms in total. The predicted octanol–water partition coefficient (Wildman–Crippen LogP) is 4.24. The van der Waals surface area contributed by atoms with Crippen LogP contribution in [0.3, 0.4) is 0 Å². The minimum Gasteiger partial charge on any atom is -0.389 e. The van der Waals surface area contributed by atoms with E-state index in [0.717, 1.165) is 42.6 Å². The van der Waals surface area contributed by atoms with Gasteiger partial charge in [-0.2, -0.15) is 0 Å². The molecule has 0 spiro atoms. The van der Waals surface area contributed by atoms with Crippen LogP contribution >= 0.6 is 11.3 Å². The van der Waals surface area contributed by atoms with Crippen LogP contribution in [0.2, 0.25) is 0 Å². The van der Waals surface area contributed by atoms with Crippen molar-refractivity contribution in [1.82, 2.24) is 20.2 Å². The molecule has 1 fully saturated rings. The zero-order chi connectivity index (χ0) is 25.0. The second kappa shape index (κ2) is 10.8. The minimum absolute atomic E-state index is 0.0871. The number of likely N-dealkylation sites (tertiary alicyclic amines) is 1. The van der Waals surface area contributed by atoms with Crippen LogP contribution in [-0.4, -0.2) is 62.6 Å². The molecule has 3 rings (SSSR count). The Balaban J connectivity index is 1.99. The maximum Gasteiger partial charge on any atom is 0.280 e. The van der Waals surface area contributed by atoms with Gasteiger partial charge in [0, 0.05) is 36.9 Å². The molecule has 2 aromatic heterocycles. The number of thiazole rings is 1. The fourth-order valence-corrected chi connectivity index (χ4v) is 4.93. The highest BCUT2D eigenvalue weighted by Crippen LogP contribution is 2.35. The van der Waals surface area contributed by atoms with E-state index in [4.69, 9.17) is 0 Å². The summed E-state index contributed by atoms with van der Waals surface area (Å²) in [5, 5.41) is 16.3. The van der Waals surface area contributed by atoms with Crippen molar-refractivity contribution in [2.45, 2.75) is 84.9 Å². The summed E-state index contributed by atoms with van der Waals surface area (Å²) in [6, 6.07) is 2.39. The zero-order valence-electron chi connectivity index (χ0n) is 21.1. The van der Waals surface area contributed by atoms with Gasteiger partial charge >= 0.3 is 0 Å². The molecule has 2 aromatic rings. The van der Waals surface area contributed by atoms with E-state index in [1.54, 1.807) is 20.0 Å². The summed E-state index contributed by atoms with van der Waals surface area (Å²) >= 11 is 1.19. The fraction of sp³-hybridized carbons (Fsp3) is 0.600. The normalized spacial score (nSPS) is 17.4. The van der Waals surface area contributed by atoms with Gasteiger partial charge in [0.1, 0.15) is 11.5 Å². The number of carbonyl (C=O) groups excluding carboxylic acids is 2. The molecule has 9 heteroatoms. The van der Waals surface area contributed by atoms with E-state index in [-0.39, 0.29) is 23.5 Å². The van der Waals surface area contributed by atoms with Crippen molar-refractivity contribution in [2.24, 2.45) is 0 Å². The Morgan fingerprint density at radius 3 is 2.71 bits per heavy atom. The molecule has 3 heterocycles. The Labute approximate surface area is 206 Å². The number of nitrogens with one attached hydrogen (secondary N) is 2. The molecule has 0 radical (unpaired) electrons. The Kier molecular flexibility index (Phi) is 8.30. The maximum atomic E-state index is 13.6. The number of aryl methyl sites for hydroxylation is 1. The zero-order valence-corrected chi connectivity index (χ0v) is 21.9. The first-order valence-corrected chi connectivity index (χ1v) is 12.9. The van der Waals surface area contributed by atoms with Gasteiger partial charge in [0.25, 0.3) is 11.8 Å². The molecule has 0 bridgehead atoms. The van der Waals surface area contributed by atoms with E-state index in [9.17, 15) is 14.7 Å². The first-order valence-electron chi connectivity index (χ1n) is 12.1. The quantitative estimate of drug-likeness (QED) is 0.514. The third-order valence-corrected chi connectivity index (χ3v) is 7.22. The van der Waals surface area contributed by atoms with Gasteiger partial charge in [0.15, 0.2) is 5.01 Å². The largest absolute Gasteiger partial charge is 0.389 e. The molecule has 34 heavy (non-hydrogen) atoms. The van der Waals surface area contributed by atoms with E-state index >= 15 is 0 Å². The maximum absolute atomic E-state index is 13.6. The van der Waals surface area contributed by atoms with Crippen molar-refractivity contribution < 1.29 is 14.7 Å². The smallest absolute Gasteiger partial charge is 0.280 e. The van der Waals surface area contributed by atoms with Crippen LogP contribution in [0.4, 0.5) is 5.82 Å². The van der Waals surface area contributed by atoms with Gasteiger partial charge in [0.2, 0.25) is 0 Å². The molecule has 2 amide bonds. The first kappa shape index (κ1) is 26.1. The number of anilines is 1. The first-order chi connectivity index (χ1) is 16.0. The Hall–Kier alpha value is -2.52. The van der Waals surface area contributed by atoms with Crippen molar-refractivity contribution in [3.63, 3.8) is 0 Å². The molecular weight excluding hydrogens is 450 g/mol. The number of piperidine rings is 1. The Morgan fingerprint density at radius 2 is 2.09 bits per heavy atom. The molecule has 3 N–H and O–H groups in total. The van der Waals surface area contributed by atoms with Crippen LogP contribution in [-0.2, 0) is 0 Å². The van der Waals surface area contributed by atoms with E-state index in [1.807, 2.05) is 17.9 Å². The van der Waals surface area contributed by atoms with E-state index in [2.05, 4.69) is 41.4 Å². The van der Waals surface area contributed by atoms with E-state index < -0.39 is 11.5 Å². The van der Waals surface area contributed by atoms with E-state index in [0.29, 0.717) is 23.2 Å². The molecule has 0 aromatic carbocycles. The van der Waals surface area contributed by atoms with Crippen molar-refractivity contribution >= 4 is 29.0 Å². The fourth-order valence-electron chi connectivity index (χ4n) is 3.88. The van der Waals surface area contributed by atoms with Gasteiger partial charge in [-0.3, -0.25) is 9.59 Å². The number of carbonyl (C=O) groups is 2. The van der Waals surface area contributed by atoms with Crippen LogP contribution in [0.15, 0.2) is 12.3 Å². The molecule has 2 atom stereocenters. The number of rotatable bonds is 8. The summed E-state index contributed by atoms with van der Waals surface area (Å²) in [4.78, 5) is 38.0. The van der Waals surface area contributed by atoms with Crippen LogP contribution in [0.25, 0.3) is 10.4 Å². The van der Waals surface area contributed by atoms with Gasteiger partial charge in [-0.05, 0) is 71.9 Å². The van der Waals surface area contributed by atoms with E-state index in [1.165, 1.54) is 11.3 Å². The summed E-state index contributed by atoms with van der Waals surface area (Å²) in [6.45, 7) is 12.3. The lowest BCUT2D eigenvalue weighted by atomic mass is 10.0. The monoisotopic (exact) mass is 487 g/mol. The Bertz CT molecular complexity index is 1030. The van der Waals surface area contributed by atoms with Crippen molar-refractivity contribution in [2.75, 3.05) is 18.4 Å². The number of pyridine rings is 1. The molecule has 1 aliphatic rings. The lowest BCUT2D eigenvalue weighted by Gasteiger charge is -2.33. The standard InChI is InChI=1S/C25H37N5O3S/c1-7-16(3)28-19-12-15(2)18(13-26-19)21-20(24(32)30-11-9-8-10-17(30)4)29-23(34-21)22(31)27-14-25(5,6)33/h12-13,16-17,33H,7-11,14H2,1-6H3,(H,26,28)(H,27,31)/t16-,17+/m1/s1. The summed E-state index contributed by atoms with van der Waals surface area (Å²) in [5.74, 6) is 0.224. The second-order valence-corrected chi connectivity index (χ2v) is 10.9. The molecular formula is C25H37N5O3S. The summed E-state index contributed by atoms with van der Waals surface area (Å²) in [6.07, 6.45) is 5.76.